The molecule has 1 fully saturated rings. The van der Waals surface area contributed by atoms with Gasteiger partial charge in [0.1, 0.15) is 11.4 Å². The fourth-order valence-corrected chi connectivity index (χ4v) is 2.51. The van der Waals surface area contributed by atoms with E-state index in [1.807, 2.05) is 4.90 Å². The van der Waals surface area contributed by atoms with Gasteiger partial charge in [0.25, 0.3) is 0 Å². The molecule has 0 aliphatic carbocycles. The Balaban J connectivity index is 2.32. The quantitative estimate of drug-likeness (QED) is 0.845. The smallest absolute Gasteiger partial charge is 0.341 e. The summed E-state index contributed by atoms with van der Waals surface area (Å²) in [7, 11) is 1.32. The topological polar surface area (TPSA) is 79.7 Å². The number of aliphatic carboxylic acids is 1. The zero-order valence-electron chi connectivity index (χ0n) is 11.6. The van der Waals surface area contributed by atoms with Crippen LogP contribution in [0.5, 0.6) is 0 Å². The molecule has 6 heteroatoms. The van der Waals surface area contributed by atoms with Crippen LogP contribution in [0.15, 0.2) is 18.3 Å². The fraction of sp³-hybridized carbons (Fsp3) is 0.500. The van der Waals surface area contributed by atoms with E-state index in [9.17, 15) is 14.7 Å². The van der Waals surface area contributed by atoms with Crippen LogP contribution in [0.3, 0.4) is 0 Å². The third-order valence-corrected chi connectivity index (χ3v) is 3.70. The molecule has 0 radical (unpaired) electrons. The van der Waals surface area contributed by atoms with Gasteiger partial charge in [-0.05, 0) is 31.9 Å². The van der Waals surface area contributed by atoms with Crippen LogP contribution in [-0.4, -0.2) is 42.2 Å². The zero-order valence-corrected chi connectivity index (χ0v) is 11.6. The SMILES string of the molecule is COC(=O)c1cccnc1N1CCCC(C)(C(=O)O)C1. The van der Waals surface area contributed by atoms with Crippen molar-refractivity contribution in [3.8, 4) is 0 Å². The first-order valence-electron chi connectivity index (χ1n) is 6.49. The van der Waals surface area contributed by atoms with Crippen molar-refractivity contribution in [3.63, 3.8) is 0 Å². The molecule has 20 heavy (non-hydrogen) atoms. The highest BCUT2D eigenvalue weighted by Crippen LogP contribution is 2.33. The van der Waals surface area contributed by atoms with Crippen LogP contribution in [0.25, 0.3) is 0 Å². The van der Waals surface area contributed by atoms with Crippen LogP contribution >= 0.6 is 0 Å². The van der Waals surface area contributed by atoms with Crippen molar-refractivity contribution in [1.29, 1.82) is 0 Å². The molecular weight excluding hydrogens is 260 g/mol. The summed E-state index contributed by atoms with van der Waals surface area (Å²) in [5.74, 6) is -0.792. The van der Waals surface area contributed by atoms with E-state index >= 15 is 0 Å². The lowest BCUT2D eigenvalue weighted by Crippen LogP contribution is -2.46. The molecule has 1 aromatic heterocycles. The molecule has 0 saturated carbocycles. The molecule has 1 unspecified atom stereocenters. The number of hydrogen-bond acceptors (Lipinski definition) is 5. The maximum atomic E-state index is 11.8. The molecule has 1 aromatic rings. The van der Waals surface area contributed by atoms with Crippen molar-refractivity contribution in [2.24, 2.45) is 5.41 Å². The van der Waals surface area contributed by atoms with Gasteiger partial charge in [-0.1, -0.05) is 0 Å². The Labute approximate surface area is 117 Å². The molecule has 0 bridgehead atoms. The summed E-state index contributed by atoms with van der Waals surface area (Å²) in [5.41, 5.74) is -0.451. The van der Waals surface area contributed by atoms with Crippen molar-refractivity contribution in [3.05, 3.63) is 23.9 Å². The monoisotopic (exact) mass is 278 g/mol. The van der Waals surface area contributed by atoms with E-state index in [1.54, 1.807) is 25.3 Å². The summed E-state index contributed by atoms with van der Waals surface area (Å²) in [6, 6.07) is 3.30. The van der Waals surface area contributed by atoms with Gasteiger partial charge in [-0.25, -0.2) is 9.78 Å². The molecule has 2 heterocycles. The van der Waals surface area contributed by atoms with E-state index < -0.39 is 17.4 Å². The van der Waals surface area contributed by atoms with Gasteiger partial charge < -0.3 is 14.7 Å². The van der Waals surface area contributed by atoms with E-state index in [-0.39, 0.29) is 0 Å². The van der Waals surface area contributed by atoms with Crippen LogP contribution < -0.4 is 4.90 Å². The minimum absolute atomic E-state index is 0.337. The molecule has 1 atom stereocenters. The molecule has 1 saturated heterocycles. The van der Waals surface area contributed by atoms with Gasteiger partial charge in [-0.2, -0.15) is 0 Å². The molecule has 0 amide bonds. The van der Waals surface area contributed by atoms with Crippen molar-refractivity contribution >= 4 is 17.8 Å². The molecule has 108 valence electrons. The van der Waals surface area contributed by atoms with Gasteiger partial charge in [0.2, 0.25) is 0 Å². The summed E-state index contributed by atoms with van der Waals surface area (Å²) in [4.78, 5) is 29.2. The molecular formula is C14H18N2O4. The Morgan fingerprint density at radius 3 is 2.90 bits per heavy atom. The second kappa shape index (κ2) is 5.48. The van der Waals surface area contributed by atoms with Gasteiger partial charge in [-0.15, -0.1) is 0 Å². The van der Waals surface area contributed by atoms with Crippen molar-refractivity contribution in [2.45, 2.75) is 19.8 Å². The standard InChI is InChI=1S/C14H18N2O4/c1-14(13(18)19)6-4-8-16(9-14)11-10(12(17)20-2)5-3-7-15-11/h3,5,7H,4,6,8-9H2,1-2H3,(H,18,19). The highest BCUT2D eigenvalue weighted by Gasteiger charge is 2.39. The number of piperidine rings is 1. The van der Waals surface area contributed by atoms with E-state index in [2.05, 4.69) is 4.98 Å². The van der Waals surface area contributed by atoms with Crippen LogP contribution in [0.2, 0.25) is 0 Å². The Hall–Kier alpha value is -2.11. The minimum atomic E-state index is -0.822. The molecule has 0 aromatic carbocycles. The number of ether oxygens (including phenoxy) is 1. The Kier molecular flexibility index (Phi) is 3.92. The van der Waals surface area contributed by atoms with Gasteiger partial charge in [0.15, 0.2) is 0 Å². The number of carbonyl (C=O) groups is 2. The first kappa shape index (κ1) is 14.3. The Bertz CT molecular complexity index is 532. The maximum absolute atomic E-state index is 11.8. The second-order valence-electron chi connectivity index (χ2n) is 5.26. The van der Waals surface area contributed by atoms with Crippen LogP contribution in [0.4, 0.5) is 5.82 Å². The second-order valence-corrected chi connectivity index (χ2v) is 5.26. The average Bonchev–Trinajstić information content (AvgIpc) is 2.46. The summed E-state index contributed by atoms with van der Waals surface area (Å²) in [6.45, 7) is 2.75. The van der Waals surface area contributed by atoms with E-state index in [1.165, 1.54) is 7.11 Å². The van der Waals surface area contributed by atoms with E-state index in [4.69, 9.17) is 4.74 Å². The third kappa shape index (κ3) is 2.59. The number of aromatic nitrogens is 1. The minimum Gasteiger partial charge on any atom is -0.481 e. The molecule has 1 aliphatic rings. The summed E-state index contributed by atoms with van der Waals surface area (Å²) in [6.07, 6.45) is 2.97. The number of pyridine rings is 1. The van der Waals surface area contributed by atoms with Gasteiger partial charge >= 0.3 is 11.9 Å². The lowest BCUT2D eigenvalue weighted by Gasteiger charge is -2.38. The van der Waals surface area contributed by atoms with Crippen LogP contribution in [0, 0.1) is 5.41 Å². The molecule has 0 spiro atoms. The number of esters is 1. The lowest BCUT2D eigenvalue weighted by atomic mass is 9.82. The molecule has 1 N–H and O–H groups in total. The first-order chi connectivity index (χ1) is 9.48. The Morgan fingerprint density at radius 2 is 2.25 bits per heavy atom. The summed E-state index contributed by atoms with van der Waals surface area (Å²) in [5, 5.41) is 9.35. The number of rotatable bonds is 3. The van der Waals surface area contributed by atoms with Crippen molar-refractivity contribution < 1.29 is 19.4 Å². The number of carboxylic acid groups (broad SMARTS) is 1. The summed E-state index contributed by atoms with van der Waals surface area (Å²) >= 11 is 0. The Morgan fingerprint density at radius 1 is 1.50 bits per heavy atom. The number of hydrogen-bond donors (Lipinski definition) is 1. The normalized spacial score (nSPS) is 22.4. The predicted octanol–water partition coefficient (Wildman–Crippen LogP) is 1.56. The van der Waals surface area contributed by atoms with E-state index in [0.717, 1.165) is 6.42 Å². The van der Waals surface area contributed by atoms with Crippen molar-refractivity contribution in [2.75, 3.05) is 25.1 Å². The third-order valence-electron chi connectivity index (χ3n) is 3.70. The maximum Gasteiger partial charge on any atom is 0.341 e. The molecule has 1 aliphatic heterocycles. The van der Waals surface area contributed by atoms with Crippen LogP contribution in [-0.2, 0) is 9.53 Å². The van der Waals surface area contributed by atoms with Crippen LogP contribution in [0.1, 0.15) is 30.1 Å². The van der Waals surface area contributed by atoms with Gasteiger partial charge in [0, 0.05) is 19.3 Å². The summed E-state index contributed by atoms with van der Waals surface area (Å²) < 4.78 is 4.75. The largest absolute Gasteiger partial charge is 0.481 e. The number of carbonyl (C=O) groups excluding carboxylic acids is 1. The van der Waals surface area contributed by atoms with Gasteiger partial charge in [0.05, 0.1) is 12.5 Å². The molecule has 2 rings (SSSR count). The predicted molar refractivity (Wildman–Crippen MR) is 72.8 cm³/mol. The molecule has 6 nitrogen and oxygen atoms in total. The zero-order chi connectivity index (χ0) is 14.8. The van der Waals surface area contributed by atoms with E-state index in [0.29, 0.717) is 30.9 Å². The first-order valence-corrected chi connectivity index (χ1v) is 6.49. The highest BCUT2D eigenvalue weighted by atomic mass is 16.5. The fourth-order valence-electron chi connectivity index (χ4n) is 2.51. The average molecular weight is 278 g/mol. The number of anilines is 1. The van der Waals surface area contributed by atoms with Gasteiger partial charge in [-0.3, -0.25) is 4.79 Å². The number of nitrogens with zero attached hydrogens (tertiary/aromatic N) is 2. The lowest BCUT2D eigenvalue weighted by molar-refractivity contribution is -0.148. The number of methoxy groups -OCH3 is 1. The number of carboxylic acids is 1. The van der Waals surface area contributed by atoms with Crippen molar-refractivity contribution in [1.82, 2.24) is 4.98 Å². The highest BCUT2D eigenvalue weighted by molar-refractivity contribution is 5.94.